The number of aryl methyl sites for hydroxylation is 3. The quantitative estimate of drug-likeness (QED) is 0.747. The van der Waals surface area contributed by atoms with E-state index in [1.165, 1.54) is 4.31 Å². The van der Waals surface area contributed by atoms with E-state index in [1.807, 2.05) is 45.0 Å². The predicted molar refractivity (Wildman–Crippen MR) is 112 cm³/mol. The van der Waals surface area contributed by atoms with Crippen molar-refractivity contribution >= 4 is 15.9 Å². The summed E-state index contributed by atoms with van der Waals surface area (Å²) in [5.74, 6) is 0.999. The van der Waals surface area contributed by atoms with Gasteiger partial charge in [0.05, 0.1) is 4.90 Å². The van der Waals surface area contributed by atoms with Crippen LogP contribution in [0, 0.1) is 20.8 Å². The second-order valence-electron chi connectivity index (χ2n) is 7.82. The summed E-state index contributed by atoms with van der Waals surface area (Å²) < 4.78 is 39.4. The first-order chi connectivity index (χ1) is 14.3. The topological polar surface area (TPSA) is 76.2 Å². The molecule has 160 valence electrons. The lowest BCUT2D eigenvalue weighted by Crippen LogP contribution is -2.55. The number of piperazine rings is 1. The van der Waals surface area contributed by atoms with E-state index < -0.39 is 16.1 Å². The van der Waals surface area contributed by atoms with Crippen LogP contribution in [-0.4, -0.2) is 62.4 Å². The Kier molecular flexibility index (Phi) is 5.46. The van der Waals surface area contributed by atoms with Crippen LogP contribution in [0.1, 0.15) is 16.7 Å². The zero-order valence-electron chi connectivity index (χ0n) is 17.4. The minimum Gasteiger partial charge on any atom is -0.485 e. The molecule has 0 N–H and O–H groups in total. The van der Waals surface area contributed by atoms with Crippen LogP contribution in [0.5, 0.6) is 11.5 Å². The van der Waals surface area contributed by atoms with Crippen molar-refractivity contribution in [2.45, 2.75) is 31.8 Å². The first kappa shape index (κ1) is 20.7. The monoisotopic (exact) mass is 430 g/mol. The maximum Gasteiger partial charge on any atom is 0.267 e. The van der Waals surface area contributed by atoms with Crippen LogP contribution >= 0.6 is 0 Å². The molecule has 2 aliphatic rings. The highest BCUT2D eigenvalue weighted by Gasteiger charge is 2.36. The summed E-state index contributed by atoms with van der Waals surface area (Å²) in [4.78, 5) is 14.9. The molecule has 2 aromatic carbocycles. The molecule has 4 rings (SSSR count). The van der Waals surface area contributed by atoms with Gasteiger partial charge in [-0.3, -0.25) is 4.79 Å². The number of fused-ring (bicyclic) bond motifs is 1. The number of nitrogens with zero attached hydrogens (tertiary/aromatic N) is 2. The van der Waals surface area contributed by atoms with Gasteiger partial charge in [-0.2, -0.15) is 4.31 Å². The molecule has 0 aromatic heterocycles. The average Bonchev–Trinajstić information content (AvgIpc) is 2.72. The zero-order chi connectivity index (χ0) is 21.5. The molecule has 8 heteroatoms. The largest absolute Gasteiger partial charge is 0.485 e. The zero-order valence-corrected chi connectivity index (χ0v) is 18.2. The summed E-state index contributed by atoms with van der Waals surface area (Å²) in [5, 5.41) is 0. The predicted octanol–water partition coefficient (Wildman–Crippen LogP) is 2.28. The Morgan fingerprint density at radius 2 is 1.57 bits per heavy atom. The Bertz CT molecular complexity index is 1050. The molecule has 1 atom stereocenters. The summed E-state index contributed by atoms with van der Waals surface area (Å²) >= 11 is 0. The van der Waals surface area contributed by atoms with E-state index in [9.17, 15) is 13.2 Å². The lowest BCUT2D eigenvalue weighted by atomic mass is 10.1. The molecule has 1 fully saturated rings. The molecule has 0 saturated carbocycles. The Morgan fingerprint density at radius 1 is 0.967 bits per heavy atom. The van der Waals surface area contributed by atoms with Crippen molar-refractivity contribution in [2.75, 3.05) is 32.8 Å². The second kappa shape index (κ2) is 7.92. The molecule has 1 saturated heterocycles. The Morgan fingerprint density at radius 3 is 2.20 bits per heavy atom. The van der Waals surface area contributed by atoms with Gasteiger partial charge in [-0.05, 0) is 44.0 Å². The van der Waals surface area contributed by atoms with E-state index in [2.05, 4.69) is 0 Å². The molecule has 30 heavy (non-hydrogen) atoms. The third-order valence-corrected chi connectivity index (χ3v) is 7.74. The minimum atomic E-state index is -3.61. The molecular weight excluding hydrogens is 404 g/mol. The van der Waals surface area contributed by atoms with Gasteiger partial charge in [-0.1, -0.05) is 29.8 Å². The molecule has 0 unspecified atom stereocenters. The van der Waals surface area contributed by atoms with Gasteiger partial charge >= 0.3 is 0 Å². The fourth-order valence-corrected chi connectivity index (χ4v) is 6.03. The van der Waals surface area contributed by atoms with Crippen molar-refractivity contribution in [3.63, 3.8) is 0 Å². The summed E-state index contributed by atoms with van der Waals surface area (Å²) in [6.07, 6.45) is -0.718. The van der Waals surface area contributed by atoms with E-state index in [1.54, 1.807) is 17.0 Å². The van der Waals surface area contributed by atoms with Crippen LogP contribution in [0.3, 0.4) is 0 Å². The number of hydrogen-bond donors (Lipinski definition) is 0. The molecule has 0 aliphatic carbocycles. The van der Waals surface area contributed by atoms with E-state index in [4.69, 9.17) is 9.47 Å². The van der Waals surface area contributed by atoms with E-state index >= 15 is 0 Å². The normalized spacial score (nSPS) is 19.6. The number of carbonyl (C=O) groups excluding carboxylic acids is 1. The minimum absolute atomic E-state index is 0.149. The third-order valence-electron chi connectivity index (χ3n) is 5.54. The van der Waals surface area contributed by atoms with Crippen molar-refractivity contribution in [3.05, 3.63) is 53.1 Å². The average molecular weight is 431 g/mol. The van der Waals surface area contributed by atoms with Crippen molar-refractivity contribution in [3.8, 4) is 11.5 Å². The maximum absolute atomic E-state index is 13.2. The van der Waals surface area contributed by atoms with E-state index in [0.717, 1.165) is 16.7 Å². The highest BCUT2D eigenvalue weighted by molar-refractivity contribution is 7.89. The van der Waals surface area contributed by atoms with Crippen molar-refractivity contribution in [2.24, 2.45) is 0 Å². The number of sulfonamides is 1. The van der Waals surface area contributed by atoms with Crippen LogP contribution in [0.2, 0.25) is 0 Å². The van der Waals surface area contributed by atoms with Crippen molar-refractivity contribution in [1.29, 1.82) is 0 Å². The van der Waals surface area contributed by atoms with E-state index in [0.29, 0.717) is 29.5 Å². The van der Waals surface area contributed by atoms with Gasteiger partial charge in [0.15, 0.2) is 11.5 Å². The van der Waals surface area contributed by atoms with Gasteiger partial charge in [0.1, 0.15) is 6.61 Å². The first-order valence-corrected chi connectivity index (χ1v) is 11.5. The molecule has 2 heterocycles. The SMILES string of the molecule is Cc1cc(C)c(S(=O)(=O)N2CCN(C(=O)[C@H]3COc4ccccc4O3)CC2)c(C)c1. The highest BCUT2D eigenvalue weighted by Crippen LogP contribution is 2.31. The van der Waals surface area contributed by atoms with Crippen LogP contribution in [0.15, 0.2) is 41.3 Å². The summed E-state index contributed by atoms with van der Waals surface area (Å²) in [5.41, 5.74) is 2.53. The Balaban J connectivity index is 1.43. The van der Waals surface area contributed by atoms with Gasteiger partial charge in [0, 0.05) is 26.2 Å². The Labute approximate surface area is 177 Å². The Hall–Kier alpha value is -2.58. The summed E-state index contributed by atoms with van der Waals surface area (Å²) in [6.45, 7) is 6.91. The highest BCUT2D eigenvalue weighted by atomic mass is 32.2. The fraction of sp³-hybridized carbons (Fsp3) is 0.409. The number of para-hydroxylation sites is 2. The lowest BCUT2D eigenvalue weighted by molar-refractivity contribution is -0.142. The van der Waals surface area contributed by atoms with Gasteiger partial charge in [0.25, 0.3) is 5.91 Å². The smallest absolute Gasteiger partial charge is 0.267 e. The number of carbonyl (C=O) groups is 1. The van der Waals surface area contributed by atoms with Crippen LogP contribution in [-0.2, 0) is 14.8 Å². The molecule has 2 aromatic rings. The van der Waals surface area contributed by atoms with Crippen molar-refractivity contribution < 1.29 is 22.7 Å². The molecule has 7 nitrogen and oxygen atoms in total. The second-order valence-corrected chi connectivity index (χ2v) is 9.70. The van der Waals surface area contributed by atoms with Gasteiger partial charge < -0.3 is 14.4 Å². The van der Waals surface area contributed by atoms with Crippen LogP contribution in [0.4, 0.5) is 0 Å². The van der Waals surface area contributed by atoms with Gasteiger partial charge in [-0.25, -0.2) is 8.42 Å². The molecule has 0 radical (unpaired) electrons. The van der Waals surface area contributed by atoms with E-state index in [-0.39, 0.29) is 25.6 Å². The summed E-state index contributed by atoms with van der Waals surface area (Å²) in [7, 11) is -3.61. The standard InChI is InChI=1S/C22H26N2O5S/c1-15-12-16(2)21(17(3)13-15)30(26,27)24-10-8-23(9-11-24)22(25)20-14-28-18-6-4-5-7-19(18)29-20/h4-7,12-13,20H,8-11,14H2,1-3H3/t20-/m1/s1. The molecule has 2 aliphatic heterocycles. The lowest BCUT2D eigenvalue weighted by Gasteiger charge is -2.37. The fourth-order valence-electron chi connectivity index (χ4n) is 4.20. The molecule has 1 amide bonds. The first-order valence-electron chi connectivity index (χ1n) is 10.0. The third kappa shape index (κ3) is 3.77. The molecular formula is C22H26N2O5S. The molecule has 0 spiro atoms. The maximum atomic E-state index is 13.2. The molecule has 0 bridgehead atoms. The number of hydrogen-bond acceptors (Lipinski definition) is 5. The number of ether oxygens (including phenoxy) is 2. The van der Waals surface area contributed by atoms with Gasteiger partial charge in [0.2, 0.25) is 16.1 Å². The van der Waals surface area contributed by atoms with Crippen LogP contribution in [0.25, 0.3) is 0 Å². The number of amides is 1. The van der Waals surface area contributed by atoms with Gasteiger partial charge in [-0.15, -0.1) is 0 Å². The van der Waals surface area contributed by atoms with Crippen LogP contribution < -0.4 is 9.47 Å². The van der Waals surface area contributed by atoms with Crippen molar-refractivity contribution in [1.82, 2.24) is 9.21 Å². The summed E-state index contributed by atoms with van der Waals surface area (Å²) in [6, 6.07) is 11.0. The number of rotatable bonds is 3. The number of benzene rings is 2.